The van der Waals surface area contributed by atoms with Crippen molar-refractivity contribution < 1.29 is 9.53 Å². The van der Waals surface area contributed by atoms with Crippen molar-refractivity contribution in [2.75, 3.05) is 7.11 Å². The van der Waals surface area contributed by atoms with Crippen LogP contribution in [0.15, 0.2) is 54.6 Å². The molecular weight excluding hydrogens is 248 g/mol. The van der Waals surface area contributed by atoms with Crippen LogP contribution in [0.5, 0.6) is 0 Å². The standard InChI is InChI=1S/C18H12O2/c1-20-18(19)15-10-9-11-5-4-8-13-12-6-2-3-7-14(12)17(15)16(11)13/h2-10H,1H3. The summed E-state index contributed by atoms with van der Waals surface area (Å²) >= 11 is 0. The molecule has 3 aromatic rings. The van der Waals surface area contributed by atoms with Crippen molar-refractivity contribution in [3.05, 3.63) is 60.2 Å². The van der Waals surface area contributed by atoms with Crippen LogP contribution in [0.1, 0.15) is 10.4 Å². The first kappa shape index (κ1) is 11.2. The molecule has 0 saturated heterocycles. The Morgan fingerprint density at radius 1 is 0.850 bits per heavy atom. The van der Waals surface area contributed by atoms with Gasteiger partial charge in [0.2, 0.25) is 0 Å². The van der Waals surface area contributed by atoms with Crippen molar-refractivity contribution in [3.8, 4) is 22.3 Å². The first-order valence-corrected chi connectivity index (χ1v) is 6.55. The van der Waals surface area contributed by atoms with Gasteiger partial charge in [0.15, 0.2) is 0 Å². The molecule has 0 amide bonds. The molecule has 20 heavy (non-hydrogen) atoms. The molecule has 0 aromatic heterocycles. The highest BCUT2D eigenvalue weighted by molar-refractivity contribution is 6.20. The van der Waals surface area contributed by atoms with Crippen molar-refractivity contribution >= 4 is 16.7 Å². The Kier molecular flexibility index (Phi) is 2.21. The molecule has 0 bridgehead atoms. The Hall–Kier alpha value is -2.61. The average molecular weight is 260 g/mol. The van der Waals surface area contributed by atoms with E-state index in [2.05, 4.69) is 30.3 Å². The number of esters is 1. The number of ether oxygens (including phenoxy) is 1. The van der Waals surface area contributed by atoms with Crippen LogP contribution in [0.3, 0.4) is 0 Å². The lowest BCUT2D eigenvalue weighted by atomic mass is 9.98. The van der Waals surface area contributed by atoms with E-state index in [1.54, 1.807) is 0 Å². The third-order valence-corrected chi connectivity index (χ3v) is 3.94. The molecule has 0 radical (unpaired) electrons. The van der Waals surface area contributed by atoms with E-state index in [0.717, 1.165) is 21.9 Å². The fourth-order valence-corrected chi connectivity index (χ4v) is 3.10. The Labute approximate surface area is 116 Å². The highest BCUT2D eigenvalue weighted by Crippen LogP contribution is 2.48. The van der Waals surface area contributed by atoms with E-state index >= 15 is 0 Å². The highest BCUT2D eigenvalue weighted by atomic mass is 16.5. The van der Waals surface area contributed by atoms with Crippen LogP contribution in [0.25, 0.3) is 33.0 Å². The lowest BCUT2D eigenvalue weighted by molar-refractivity contribution is 0.0602. The number of methoxy groups -OCH3 is 1. The topological polar surface area (TPSA) is 26.3 Å². The van der Waals surface area contributed by atoms with E-state index in [9.17, 15) is 4.79 Å². The second-order valence-electron chi connectivity index (χ2n) is 4.93. The van der Waals surface area contributed by atoms with Crippen molar-refractivity contribution in [2.45, 2.75) is 0 Å². The Morgan fingerprint density at radius 3 is 2.40 bits per heavy atom. The van der Waals surface area contributed by atoms with Gasteiger partial charge in [0, 0.05) is 5.56 Å². The van der Waals surface area contributed by atoms with Crippen LogP contribution >= 0.6 is 0 Å². The Morgan fingerprint density at radius 2 is 1.60 bits per heavy atom. The second-order valence-corrected chi connectivity index (χ2v) is 4.93. The zero-order chi connectivity index (χ0) is 13.7. The van der Waals surface area contributed by atoms with Gasteiger partial charge in [-0.3, -0.25) is 0 Å². The third-order valence-electron chi connectivity index (χ3n) is 3.94. The first-order chi connectivity index (χ1) is 9.81. The van der Waals surface area contributed by atoms with Gasteiger partial charge < -0.3 is 4.74 Å². The second kappa shape index (κ2) is 3.94. The van der Waals surface area contributed by atoms with Crippen LogP contribution in [0.4, 0.5) is 0 Å². The molecule has 3 aromatic carbocycles. The molecule has 2 heteroatoms. The van der Waals surface area contributed by atoms with E-state index in [0.29, 0.717) is 5.56 Å². The van der Waals surface area contributed by atoms with Crippen molar-refractivity contribution in [3.63, 3.8) is 0 Å². The van der Waals surface area contributed by atoms with Gasteiger partial charge in [-0.05, 0) is 33.5 Å². The summed E-state index contributed by atoms with van der Waals surface area (Å²) in [5, 5.41) is 2.30. The molecule has 1 aliphatic rings. The molecular formula is C18H12O2. The molecule has 2 nitrogen and oxygen atoms in total. The fourth-order valence-electron chi connectivity index (χ4n) is 3.10. The molecule has 0 unspecified atom stereocenters. The van der Waals surface area contributed by atoms with Gasteiger partial charge in [0.25, 0.3) is 0 Å². The quantitative estimate of drug-likeness (QED) is 0.478. The molecule has 0 atom stereocenters. The van der Waals surface area contributed by atoms with E-state index < -0.39 is 0 Å². The van der Waals surface area contributed by atoms with Gasteiger partial charge in [-0.1, -0.05) is 48.5 Å². The summed E-state index contributed by atoms with van der Waals surface area (Å²) in [5.41, 5.74) is 5.13. The molecule has 1 aliphatic carbocycles. The van der Waals surface area contributed by atoms with Crippen molar-refractivity contribution in [1.82, 2.24) is 0 Å². The number of hydrogen-bond acceptors (Lipinski definition) is 2. The maximum Gasteiger partial charge on any atom is 0.338 e. The summed E-state index contributed by atoms with van der Waals surface area (Å²) in [6.07, 6.45) is 0. The summed E-state index contributed by atoms with van der Waals surface area (Å²) in [6.45, 7) is 0. The normalized spacial score (nSPS) is 11.4. The molecule has 0 fully saturated rings. The molecule has 0 spiro atoms. The van der Waals surface area contributed by atoms with E-state index in [-0.39, 0.29) is 5.97 Å². The van der Waals surface area contributed by atoms with Gasteiger partial charge in [-0.15, -0.1) is 0 Å². The minimum absolute atomic E-state index is 0.284. The summed E-state index contributed by atoms with van der Waals surface area (Å²) in [5.74, 6) is -0.284. The highest BCUT2D eigenvalue weighted by Gasteiger charge is 2.25. The van der Waals surface area contributed by atoms with Gasteiger partial charge in [0.1, 0.15) is 0 Å². The van der Waals surface area contributed by atoms with Gasteiger partial charge in [-0.25, -0.2) is 4.79 Å². The van der Waals surface area contributed by atoms with Crippen LogP contribution in [0.2, 0.25) is 0 Å². The number of rotatable bonds is 1. The largest absolute Gasteiger partial charge is 0.465 e. The predicted molar refractivity (Wildman–Crippen MR) is 79.7 cm³/mol. The molecule has 0 heterocycles. The summed E-state index contributed by atoms with van der Waals surface area (Å²) in [6, 6.07) is 18.3. The maximum atomic E-state index is 12.0. The minimum atomic E-state index is -0.284. The zero-order valence-electron chi connectivity index (χ0n) is 11.0. The maximum absolute atomic E-state index is 12.0. The van der Waals surface area contributed by atoms with Crippen molar-refractivity contribution in [1.29, 1.82) is 0 Å². The van der Waals surface area contributed by atoms with Crippen LogP contribution in [0, 0.1) is 0 Å². The van der Waals surface area contributed by atoms with E-state index in [4.69, 9.17) is 4.74 Å². The number of benzene rings is 3. The number of carbonyl (C=O) groups excluding carboxylic acids is 1. The summed E-state index contributed by atoms with van der Waals surface area (Å²) in [7, 11) is 1.42. The van der Waals surface area contributed by atoms with Crippen LogP contribution in [-0.4, -0.2) is 13.1 Å². The third kappa shape index (κ3) is 1.31. The molecule has 0 N–H and O–H groups in total. The Balaban J connectivity index is 2.21. The number of hydrogen-bond donors (Lipinski definition) is 0. The van der Waals surface area contributed by atoms with Gasteiger partial charge in [-0.2, -0.15) is 0 Å². The van der Waals surface area contributed by atoms with Crippen LogP contribution < -0.4 is 0 Å². The van der Waals surface area contributed by atoms with Crippen LogP contribution in [-0.2, 0) is 4.74 Å². The number of fused-ring (bicyclic) bond motifs is 3. The predicted octanol–water partition coefficient (Wildman–Crippen LogP) is 4.27. The van der Waals surface area contributed by atoms with Gasteiger partial charge in [0.05, 0.1) is 12.7 Å². The molecule has 96 valence electrons. The minimum Gasteiger partial charge on any atom is -0.465 e. The summed E-state index contributed by atoms with van der Waals surface area (Å²) in [4.78, 5) is 12.0. The van der Waals surface area contributed by atoms with E-state index in [1.165, 1.54) is 18.2 Å². The lowest BCUT2D eigenvalue weighted by Gasteiger charge is -2.08. The zero-order valence-corrected chi connectivity index (χ0v) is 11.0. The smallest absolute Gasteiger partial charge is 0.338 e. The molecule has 4 rings (SSSR count). The lowest BCUT2D eigenvalue weighted by Crippen LogP contribution is -2.03. The average Bonchev–Trinajstić information content (AvgIpc) is 2.85. The first-order valence-electron chi connectivity index (χ1n) is 6.55. The summed E-state index contributed by atoms with van der Waals surface area (Å²) < 4.78 is 4.93. The SMILES string of the molecule is COC(=O)c1ccc2cccc3c2c1-c1ccccc1-3. The van der Waals surface area contributed by atoms with Crippen molar-refractivity contribution in [2.24, 2.45) is 0 Å². The Bertz CT molecular complexity index is 862. The monoisotopic (exact) mass is 260 g/mol. The molecule has 0 saturated carbocycles. The number of carbonyl (C=O) groups is 1. The van der Waals surface area contributed by atoms with Gasteiger partial charge >= 0.3 is 5.97 Å². The van der Waals surface area contributed by atoms with E-state index in [1.807, 2.05) is 24.3 Å². The fraction of sp³-hybridized carbons (Fsp3) is 0.0556. The molecule has 0 aliphatic heterocycles.